The second-order valence-corrected chi connectivity index (χ2v) is 11.1. The van der Waals surface area contributed by atoms with Crippen LogP contribution in [-0.2, 0) is 13.8 Å². The van der Waals surface area contributed by atoms with Crippen LogP contribution in [0.25, 0.3) is 11.2 Å². The largest absolute Gasteiger partial charge is 0.425 e. The smallest absolute Gasteiger partial charge is 0.329 e. The van der Waals surface area contributed by atoms with Gasteiger partial charge in [0.15, 0.2) is 17.9 Å². The Morgan fingerprint density at radius 3 is 2.67 bits per heavy atom. The van der Waals surface area contributed by atoms with E-state index >= 15 is 0 Å². The molecule has 0 spiro atoms. The monoisotopic (exact) mass is 557 g/mol. The number of hydrogen-bond acceptors (Lipinski definition) is 9. The minimum atomic E-state index is -1.47. The first-order valence-corrected chi connectivity index (χ1v) is 14.2. The molecule has 0 radical (unpaired) electrons. The molecule has 1 aliphatic rings. The van der Waals surface area contributed by atoms with E-state index in [4.69, 9.17) is 13.8 Å². The second kappa shape index (κ2) is 12.8. The Hall–Kier alpha value is -3.18. The van der Waals surface area contributed by atoms with E-state index in [1.807, 2.05) is 19.9 Å². The maximum absolute atomic E-state index is 13.1. The van der Waals surface area contributed by atoms with Gasteiger partial charge in [0.05, 0.1) is 12.2 Å². The van der Waals surface area contributed by atoms with E-state index in [9.17, 15) is 9.59 Å². The van der Waals surface area contributed by atoms with Crippen LogP contribution < -0.4 is 11.0 Å². The third-order valence-electron chi connectivity index (χ3n) is 6.26. The molecular formula is C26H36N7O5P. The molecule has 39 heavy (non-hydrogen) atoms. The minimum absolute atomic E-state index is 0.178. The van der Waals surface area contributed by atoms with Crippen molar-refractivity contribution in [2.75, 3.05) is 11.9 Å². The Bertz CT molecular complexity index is 1340. The molecule has 3 aromatic rings. The van der Waals surface area contributed by atoms with Gasteiger partial charge < -0.3 is 24.1 Å². The predicted octanol–water partition coefficient (Wildman–Crippen LogP) is 4.48. The van der Waals surface area contributed by atoms with Gasteiger partial charge in [0, 0.05) is 30.6 Å². The molecule has 2 N–H and O–H groups in total. The van der Waals surface area contributed by atoms with Crippen molar-refractivity contribution >= 4 is 37.8 Å². The Kier molecular flexibility index (Phi) is 9.45. The fourth-order valence-corrected chi connectivity index (χ4v) is 6.17. The highest BCUT2D eigenvalue weighted by Gasteiger charge is 2.40. The van der Waals surface area contributed by atoms with E-state index in [1.54, 1.807) is 24.3 Å². The lowest BCUT2D eigenvalue weighted by molar-refractivity contribution is -0.00519. The number of aromatic nitrogens is 4. The molecule has 2 aromatic heterocycles. The molecule has 3 unspecified atom stereocenters. The lowest BCUT2D eigenvalue weighted by Gasteiger charge is -2.36. The number of benzene rings is 1. The Morgan fingerprint density at radius 2 is 2.00 bits per heavy atom. The van der Waals surface area contributed by atoms with E-state index in [2.05, 4.69) is 57.6 Å². The highest BCUT2D eigenvalue weighted by atomic mass is 31.2. The van der Waals surface area contributed by atoms with Gasteiger partial charge in [0.1, 0.15) is 18.1 Å². The quantitative estimate of drug-likeness (QED) is 0.200. The van der Waals surface area contributed by atoms with Crippen LogP contribution >= 0.6 is 8.53 Å². The number of fused-ring (bicyclic) bond motifs is 1. The van der Waals surface area contributed by atoms with Crippen molar-refractivity contribution in [3.8, 4) is 0 Å². The van der Waals surface area contributed by atoms with Crippen LogP contribution in [0.2, 0.25) is 0 Å². The fourth-order valence-electron chi connectivity index (χ4n) is 4.52. The average Bonchev–Trinajstić information content (AvgIpc) is 3.42. The predicted molar refractivity (Wildman–Crippen MR) is 151 cm³/mol. The third kappa shape index (κ3) is 6.52. The Labute approximate surface area is 228 Å². The number of H-pyrrole nitrogens is 1. The molecule has 4 atom stereocenters. The first-order valence-electron chi connectivity index (χ1n) is 13.1. The van der Waals surface area contributed by atoms with Crippen LogP contribution in [-0.4, -0.2) is 67.3 Å². The summed E-state index contributed by atoms with van der Waals surface area (Å²) in [5.41, 5.74) is 0.701. The molecule has 1 aromatic carbocycles. The summed E-state index contributed by atoms with van der Waals surface area (Å²) in [4.78, 5) is 41.3. The maximum atomic E-state index is 13.1. The normalized spacial score (nSPS) is 20.5. The summed E-state index contributed by atoms with van der Waals surface area (Å²) in [6, 6.07) is 9.12. The van der Waals surface area contributed by atoms with Crippen molar-refractivity contribution in [3.63, 3.8) is 0 Å². The molecule has 0 saturated carbocycles. The number of imidazole rings is 1. The number of carbonyl (C=O) groups excluding carboxylic acids is 1. The highest BCUT2D eigenvalue weighted by Crippen LogP contribution is 2.49. The van der Waals surface area contributed by atoms with E-state index < -0.39 is 20.4 Å². The van der Waals surface area contributed by atoms with Crippen LogP contribution in [0.5, 0.6) is 0 Å². The fraction of sp³-hybridized carbons (Fsp3) is 0.500. The number of hydrogen-bond donors (Lipinski definition) is 2. The third-order valence-corrected chi connectivity index (χ3v) is 8.28. The molecule has 1 saturated heterocycles. The molecule has 1 aliphatic heterocycles. The molecule has 12 nitrogen and oxygen atoms in total. The molecule has 3 heterocycles. The van der Waals surface area contributed by atoms with E-state index in [-0.39, 0.29) is 36.0 Å². The van der Waals surface area contributed by atoms with Crippen molar-refractivity contribution in [2.24, 2.45) is 4.99 Å². The van der Waals surface area contributed by atoms with Crippen molar-refractivity contribution in [1.82, 2.24) is 24.2 Å². The topological polar surface area (TPSA) is 136 Å². The zero-order chi connectivity index (χ0) is 28.1. The van der Waals surface area contributed by atoms with Crippen molar-refractivity contribution in [3.05, 3.63) is 52.7 Å². The molecule has 4 rings (SSSR count). The second-order valence-electron chi connectivity index (χ2n) is 9.73. The maximum Gasteiger partial charge on any atom is 0.329 e. The number of nitrogens with zero attached hydrogens (tertiary/aromatic N) is 5. The summed E-state index contributed by atoms with van der Waals surface area (Å²) in [5, 5.41) is 2.76. The van der Waals surface area contributed by atoms with Gasteiger partial charge in [-0.25, -0.2) is 24.0 Å². The number of rotatable bonds is 11. The molecule has 13 heteroatoms. The van der Waals surface area contributed by atoms with Gasteiger partial charge in [-0.1, -0.05) is 18.2 Å². The number of nitrogens with one attached hydrogen (secondary N) is 2. The van der Waals surface area contributed by atoms with Gasteiger partial charge in [0.2, 0.25) is 0 Å². The summed E-state index contributed by atoms with van der Waals surface area (Å²) in [6.07, 6.45) is 1.87. The number of amides is 1. The number of carbonyl (C=O) groups is 1. The number of aromatic amines is 1. The van der Waals surface area contributed by atoms with E-state index in [0.29, 0.717) is 29.7 Å². The lowest BCUT2D eigenvalue weighted by Crippen LogP contribution is -2.35. The van der Waals surface area contributed by atoms with Gasteiger partial charge >= 0.3 is 14.2 Å². The zero-order valence-electron chi connectivity index (χ0n) is 23.1. The zero-order valence-corrected chi connectivity index (χ0v) is 24.0. The Balaban J connectivity index is 1.57. The first-order chi connectivity index (χ1) is 18.7. The Morgan fingerprint density at radius 1 is 1.28 bits per heavy atom. The van der Waals surface area contributed by atoms with Crippen molar-refractivity contribution < 1.29 is 18.6 Å². The number of anilines is 1. The van der Waals surface area contributed by atoms with Gasteiger partial charge in [-0.05, 0) is 53.7 Å². The van der Waals surface area contributed by atoms with Gasteiger partial charge in [-0.15, -0.1) is 0 Å². The van der Waals surface area contributed by atoms with Crippen LogP contribution in [0.4, 0.5) is 5.82 Å². The molecular weight excluding hydrogens is 521 g/mol. The van der Waals surface area contributed by atoms with Crippen LogP contribution in [0, 0.1) is 0 Å². The lowest BCUT2D eigenvalue weighted by atomic mass is 10.2. The van der Waals surface area contributed by atoms with Crippen LogP contribution in [0.1, 0.15) is 64.5 Å². The number of ether oxygens (including phenoxy) is 1. The summed E-state index contributed by atoms with van der Waals surface area (Å²) in [7, 11) is -1.47. The summed E-state index contributed by atoms with van der Waals surface area (Å²) in [5.74, 6) is -0.136. The molecule has 0 bridgehead atoms. The van der Waals surface area contributed by atoms with E-state index in [1.165, 1.54) is 17.3 Å². The van der Waals surface area contributed by atoms with Crippen LogP contribution in [0.3, 0.4) is 0 Å². The highest BCUT2D eigenvalue weighted by molar-refractivity contribution is 7.45. The van der Waals surface area contributed by atoms with Crippen molar-refractivity contribution in [2.45, 2.75) is 78.5 Å². The SMILES string of the molecule is CC/N=C/OP(O[C@@H]1CC(n2c(=O)[nH]c3c(NC(=O)c4ccccc4)ncnc32)OC1C)N(C(C)C)C(C)C. The average molecular weight is 558 g/mol. The van der Waals surface area contributed by atoms with Crippen LogP contribution in [0.15, 0.2) is 46.4 Å². The van der Waals surface area contributed by atoms with Crippen molar-refractivity contribution in [1.29, 1.82) is 0 Å². The summed E-state index contributed by atoms with van der Waals surface area (Å²) in [6.45, 7) is 12.8. The van der Waals surface area contributed by atoms with Gasteiger partial charge in [-0.3, -0.25) is 9.79 Å². The van der Waals surface area contributed by atoms with Gasteiger partial charge in [0.25, 0.3) is 5.91 Å². The molecule has 1 amide bonds. The van der Waals surface area contributed by atoms with E-state index in [0.717, 1.165) is 0 Å². The minimum Gasteiger partial charge on any atom is -0.425 e. The van der Waals surface area contributed by atoms with Gasteiger partial charge in [-0.2, -0.15) is 0 Å². The standard InChI is InChI=1S/C26H36N7O5P/c1-7-27-15-36-39(33(16(2)3)17(4)5)38-20-13-21(37-18(20)6)32-24-22(30-26(32)35)23(28-14-29-24)31-25(34)19-11-9-8-10-12-19/h8-12,14-18,20-21H,7,13H2,1-6H3,(H,30,35)(H,28,29,31,34)/b27-15+/t18?,20-,21?,39?/m1/s1. The molecule has 210 valence electrons. The molecule has 1 fully saturated rings. The summed E-state index contributed by atoms with van der Waals surface area (Å²) >= 11 is 0. The number of aliphatic imine (C=N–C) groups is 1. The molecule has 0 aliphatic carbocycles. The first kappa shape index (κ1) is 28.8. The summed E-state index contributed by atoms with van der Waals surface area (Å²) < 4.78 is 22.3.